The van der Waals surface area contributed by atoms with Crippen LogP contribution in [0.4, 0.5) is 0 Å². The number of fused-ring (bicyclic) bond motifs is 8. The van der Waals surface area contributed by atoms with Gasteiger partial charge in [-0.1, -0.05) is 109 Å². The van der Waals surface area contributed by atoms with E-state index >= 15 is 0 Å². The summed E-state index contributed by atoms with van der Waals surface area (Å²) in [5, 5.41) is 7.04. The fraction of sp³-hybridized carbons (Fsp3) is 0. The van der Waals surface area contributed by atoms with E-state index in [2.05, 4.69) is 102 Å². The van der Waals surface area contributed by atoms with E-state index in [1.54, 1.807) is 0 Å². The van der Waals surface area contributed by atoms with Crippen molar-refractivity contribution in [2.75, 3.05) is 0 Å². The van der Waals surface area contributed by atoms with E-state index in [1.165, 1.54) is 32.6 Å². The molecule has 0 radical (unpaired) electrons. The van der Waals surface area contributed by atoms with Crippen LogP contribution in [0.3, 0.4) is 0 Å². The highest BCUT2D eigenvalue weighted by molar-refractivity contribution is 6.21. The summed E-state index contributed by atoms with van der Waals surface area (Å²) in [6.07, 6.45) is 0. The maximum Gasteiger partial charge on any atom is 0.164 e. The van der Waals surface area contributed by atoms with Gasteiger partial charge in [-0.05, 0) is 59.3 Å². The van der Waals surface area contributed by atoms with Crippen LogP contribution in [-0.4, -0.2) is 19.5 Å². The molecule has 0 N–H and O–H groups in total. The first-order valence-electron chi connectivity index (χ1n) is 16.0. The summed E-state index contributed by atoms with van der Waals surface area (Å²) in [7, 11) is 0. The Kier molecular flexibility index (Phi) is 5.81. The van der Waals surface area contributed by atoms with Crippen molar-refractivity contribution in [3.8, 4) is 39.9 Å². The summed E-state index contributed by atoms with van der Waals surface area (Å²) in [5.41, 5.74) is 7.82. The van der Waals surface area contributed by atoms with Crippen molar-refractivity contribution in [1.82, 2.24) is 19.5 Å². The monoisotopic (exact) mass is 614 g/mol. The largest absolute Gasteiger partial charge is 0.456 e. The molecule has 0 saturated heterocycles. The van der Waals surface area contributed by atoms with Crippen molar-refractivity contribution in [1.29, 1.82) is 0 Å². The van der Waals surface area contributed by atoms with Crippen LogP contribution in [0.5, 0.6) is 0 Å². The third-order valence-electron chi connectivity index (χ3n) is 9.26. The van der Waals surface area contributed by atoms with E-state index in [0.29, 0.717) is 17.5 Å². The van der Waals surface area contributed by atoms with Crippen LogP contribution in [0, 0.1) is 0 Å². The molecule has 0 aliphatic heterocycles. The van der Waals surface area contributed by atoms with E-state index in [-0.39, 0.29) is 0 Å². The topological polar surface area (TPSA) is 56.7 Å². The Morgan fingerprint density at radius 1 is 0.396 bits per heavy atom. The molecule has 0 unspecified atom stereocenters. The van der Waals surface area contributed by atoms with Gasteiger partial charge in [-0.25, -0.2) is 15.0 Å². The lowest BCUT2D eigenvalue weighted by atomic mass is 10.0. The summed E-state index contributed by atoms with van der Waals surface area (Å²) in [5.74, 6) is 1.84. The summed E-state index contributed by atoms with van der Waals surface area (Å²) < 4.78 is 8.55. The van der Waals surface area contributed by atoms with Crippen LogP contribution in [0.25, 0.3) is 94.4 Å². The molecular formula is C43H26N4O. The minimum absolute atomic E-state index is 0.606. The van der Waals surface area contributed by atoms with E-state index in [4.69, 9.17) is 19.4 Å². The van der Waals surface area contributed by atoms with Gasteiger partial charge < -0.3 is 8.98 Å². The third-order valence-corrected chi connectivity index (χ3v) is 9.26. The van der Waals surface area contributed by atoms with Gasteiger partial charge in [-0.3, -0.25) is 0 Å². The molecule has 10 aromatic rings. The molecule has 0 spiro atoms. The molecule has 3 aromatic heterocycles. The second-order valence-corrected chi connectivity index (χ2v) is 12.0. The standard InChI is InChI=1S/C43H26N4O/c1-2-12-28(13-3-1)41-44-42(46-43(45-41)34-17-10-20-38-40(34)33-16-7-9-19-37(33)48-38)29-21-24-30(25-22-29)47-35-18-8-6-15-32(35)39-31-14-5-4-11-27(31)23-26-36(39)47/h1-26H. The molecule has 5 heteroatoms. The Morgan fingerprint density at radius 2 is 1.04 bits per heavy atom. The van der Waals surface area contributed by atoms with Gasteiger partial charge in [0.05, 0.1) is 11.0 Å². The van der Waals surface area contributed by atoms with Crippen LogP contribution in [-0.2, 0) is 0 Å². The molecule has 0 aliphatic carbocycles. The van der Waals surface area contributed by atoms with Crippen LogP contribution in [0.15, 0.2) is 162 Å². The Hall–Kier alpha value is -6.59. The zero-order valence-corrected chi connectivity index (χ0v) is 25.7. The first kappa shape index (κ1) is 26.6. The molecule has 48 heavy (non-hydrogen) atoms. The van der Waals surface area contributed by atoms with Crippen molar-refractivity contribution in [2.45, 2.75) is 0 Å². The van der Waals surface area contributed by atoms with Crippen molar-refractivity contribution >= 4 is 54.5 Å². The van der Waals surface area contributed by atoms with Crippen LogP contribution in [0.2, 0.25) is 0 Å². The minimum Gasteiger partial charge on any atom is -0.456 e. The zero-order chi connectivity index (χ0) is 31.6. The fourth-order valence-electron chi connectivity index (χ4n) is 7.08. The Morgan fingerprint density at radius 3 is 1.88 bits per heavy atom. The normalized spacial score (nSPS) is 11.8. The predicted molar refractivity (Wildman–Crippen MR) is 195 cm³/mol. The Bertz CT molecular complexity index is 2830. The van der Waals surface area contributed by atoms with E-state index in [1.807, 2.05) is 60.7 Å². The molecule has 7 aromatic carbocycles. The molecule has 0 amide bonds. The number of hydrogen-bond donors (Lipinski definition) is 0. The smallest absolute Gasteiger partial charge is 0.164 e. The van der Waals surface area contributed by atoms with E-state index in [0.717, 1.165) is 44.3 Å². The molecule has 0 fully saturated rings. The number of benzene rings is 7. The van der Waals surface area contributed by atoms with Gasteiger partial charge in [0.1, 0.15) is 11.2 Å². The average molecular weight is 615 g/mol. The molecule has 10 rings (SSSR count). The number of rotatable bonds is 4. The molecule has 0 atom stereocenters. The molecule has 0 bridgehead atoms. The Labute approximate surface area is 275 Å². The molecule has 224 valence electrons. The quantitative estimate of drug-likeness (QED) is 0.198. The van der Waals surface area contributed by atoms with Gasteiger partial charge in [-0.15, -0.1) is 0 Å². The summed E-state index contributed by atoms with van der Waals surface area (Å²) in [6, 6.07) is 54.5. The fourth-order valence-corrected chi connectivity index (χ4v) is 7.08. The van der Waals surface area contributed by atoms with Crippen molar-refractivity contribution in [3.05, 3.63) is 158 Å². The van der Waals surface area contributed by atoms with Crippen molar-refractivity contribution < 1.29 is 4.42 Å². The number of nitrogens with zero attached hydrogens (tertiary/aromatic N) is 4. The zero-order valence-electron chi connectivity index (χ0n) is 25.7. The lowest BCUT2D eigenvalue weighted by Gasteiger charge is -2.11. The molecule has 3 heterocycles. The van der Waals surface area contributed by atoms with Gasteiger partial charge >= 0.3 is 0 Å². The van der Waals surface area contributed by atoms with Crippen LogP contribution >= 0.6 is 0 Å². The number of para-hydroxylation sites is 2. The molecule has 5 nitrogen and oxygen atoms in total. The third kappa shape index (κ3) is 4.08. The van der Waals surface area contributed by atoms with Crippen LogP contribution in [0.1, 0.15) is 0 Å². The predicted octanol–water partition coefficient (Wildman–Crippen LogP) is 11.0. The van der Waals surface area contributed by atoms with Gasteiger partial charge in [0.25, 0.3) is 0 Å². The second kappa shape index (κ2) is 10.5. The first-order valence-corrected chi connectivity index (χ1v) is 16.0. The van der Waals surface area contributed by atoms with Gasteiger partial charge in [0.2, 0.25) is 0 Å². The number of hydrogen-bond acceptors (Lipinski definition) is 4. The van der Waals surface area contributed by atoms with E-state index in [9.17, 15) is 0 Å². The van der Waals surface area contributed by atoms with Gasteiger partial charge in [-0.2, -0.15) is 0 Å². The van der Waals surface area contributed by atoms with Crippen molar-refractivity contribution in [2.24, 2.45) is 0 Å². The maximum atomic E-state index is 6.20. The van der Waals surface area contributed by atoms with Gasteiger partial charge in [0.15, 0.2) is 17.5 Å². The first-order chi connectivity index (χ1) is 23.8. The second-order valence-electron chi connectivity index (χ2n) is 12.0. The molecule has 0 aliphatic rings. The minimum atomic E-state index is 0.606. The Balaban J connectivity index is 1.16. The highest BCUT2D eigenvalue weighted by Gasteiger charge is 2.19. The van der Waals surface area contributed by atoms with E-state index < -0.39 is 0 Å². The lowest BCUT2D eigenvalue weighted by Crippen LogP contribution is -2.01. The summed E-state index contributed by atoms with van der Waals surface area (Å²) in [4.78, 5) is 15.1. The van der Waals surface area contributed by atoms with Crippen LogP contribution < -0.4 is 0 Å². The average Bonchev–Trinajstić information content (AvgIpc) is 3.71. The summed E-state index contributed by atoms with van der Waals surface area (Å²) >= 11 is 0. The maximum absolute atomic E-state index is 6.20. The lowest BCUT2D eigenvalue weighted by molar-refractivity contribution is 0.669. The SMILES string of the molecule is c1ccc(-c2nc(-c3ccc(-n4c5ccccc5c5c6ccccc6ccc54)cc3)nc(-c3cccc4oc5ccccc5c34)n2)cc1. The number of furan rings is 1. The summed E-state index contributed by atoms with van der Waals surface area (Å²) in [6.45, 7) is 0. The van der Waals surface area contributed by atoms with Gasteiger partial charge in [0, 0.05) is 43.9 Å². The highest BCUT2D eigenvalue weighted by Crippen LogP contribution is 2.38. The highest BCUT2D eigenvalue weighted by atomic mass is 16.3. The molecular weight excluding hydrogens is 589 g/mol. The number of aromatic nitrogens is 4. The molecule has 0 saturated carbocycles. The van der Waals surface area contributed by atoms with Crippen molar-refractivity contribution in [3.63, 3.8) is 0 Å².